The number of aliphatic hydroxyl groups is 1. The molecule has 3 nitrogen and oxygen atoms in total. The standard InChI is InChI=1S/C12H19NO2/c1-10(14)11-4-2-6-13(8-11)9-12-5-3-7-15-12/h3,5,7,10-11,14H,2,4,6,8-9H2,1H3/t10-,11-/m1/s1. The number of hydrogen-bond donors (Lipinski definition) is 1. The van der Waals surface area contributed by atoms with E-state index < -0.39 is 0 Å². The Morgan fingerprint density at radius 2 is 2.53 bits per heavy atom. The van der Waals surface area contributed by atoms with Crippen LogP contribution in [-0.2, 0) is 6.54 Å². The average molecular weight is 209 g/mol. The molecule has 1 saturated heterocycles. The van der Waals surface area contributed by atoms with Crippen LogP contribution in [0, 0.1) is 5.92 Å². The molecule has 2 atom stereocenters. The molecule has 1 aromatic rings. The smallest absolute Gasteiger partial charge is 0.117 e. The Morgan fingerprint density at radius 3 is 3.20 bits per heavy atom. The van der Waals surface area contributed by atoms with Crippen LogP contribution in [0.2, 0.25) is 0 Å². The predicted octanol–water partition coefficient (Wildman–Crippen LogP) is 1.87. The van der Waals surface area contributed by atoms with Crippen molar-refractivity contribution in [3.63, 3.8) is 0 Å². The molecule has 3 heteroatoms. The molecular weight excluding hydrogens is 190 g/mol. The van der Waals surface area contributed by atoms with Crippen molar-refractivity contribution in [1.29, 1.82) is 0 Å². The van der Waals surface area contributed by atoms with E-state index in [4.69, 9.17) is 4.42 Å². The molecule has 1 fully saturated rings. The van der Waals surface area contributed by atoms with Gasteiger partial charge in [-0.15, -0.1) is 0 Å². The van der Waals surface area contributed by atoms with Gasteiger partial charge < -0.3 is 9.52 Å². The van der Waals surface area contributed by atoms with Gasteiger partial charge in [0.25, 0.3) is 0 Å². The molecule has 0 saturated carbocycles. The van der Waals surface area contributed by atoms with E-state index in [1.807, 2.05) is 19.1 Å². The van der Waals surface area contributed by atoms with Gasteiger partial charge in [0.15, 0.2) is 0 Å². The number of aliphatic hydroxyl groups excluding tert-OH is 1. The summed E-state index contributed by atoms with van der Waals surface area (Å²) in [5.41, 5.74) is 0. The Morgan fingerprint density at radius 1 is 1.67 bits per heavy atom. The zero-order valence-electron chi connectivity index (χ0n) is 9.22. The molecule has 84 valence electrons. The summed E-state index contributed by atoms with van der Waals surface area (Å²) in [6.07, 6.45) is 3.85. The molecule has 1 aliphatic rings. The van der Waals surface area contributed by atoms with Crippen molar-refractivity contribution >= 4 is 0 Å². The zero-order chi connectivity index (χ0) is 10.7. The summed E-state index contributed by atoms with van der Waals surface area (Å²) in [5.74, 6) is 1.44. The van der Waals surface area contributed by atoms with Crippen molar-refractivity contribution in [3.8, 4) is 0 Å². The van der Waals surface area contributed by atoms with Gasteiger partial charge in [0, 0.05) is 6.54 Å². The lowest BCUT2D eigenvalue weighted by molar-refractivity contribution is 0.0572. The molecule has 15 heavy (non-hydrogen) atoms. The number of likely N-dealkylation sites (tertiary alicyclic amines) is 1. The highest BCUT2D eigenvalue weighted by Gasteiger charge is 2.23. The summed E-state index contributed by atoms with van der Waals surface area (Å²) in [6.45, 7) is 4.86. The van der Waals surface area contributed by atoms with Gasteiger partial charge >= 0.3 is 0 Å². The van der Waals surface area contributed by atoms with Crippen LogP contribution in [0.4, 0.5) is 0 Å². The Hall–Kier alpha value is -0.800. The monoisotopic (exact) mass is 209 g/mol. The molecule has 0 radical (unpaired) electrons. The van der Waals surface area contributed by atoms with Gasteiger partial charge in [-0.3, -0.25) is 4.90 Å². The summed E-state index contributed by atoms with van der Waals surface area (Å²) >= 11 is 0. The molecule has 2 rings (SSSR count). The van der Waals surface area contributed by atoms with E-state index >= 15 is 0 Å². The van der Waals surface area contributed by atoms with Gasteiger partial charge in [-0.2, -0.15) is 0 Å². The van der Waals surface area contributed by atoms with E-state index in [0.717, 1.165) is 31.8 Å². The van der Waals surface area contributed by atoms with Crippen molar-refractivity contribution in [2.24, 2.45) is 5.92 Å². The molecule has 0 amide bonds. The van der Waals surface area contributed by atoms with Gasteiger partial charge in [0.05, 0.1) is 18.9 Å². The Labute approximate surface area is 90.7 Å². The normalized spacial score (nSPS) is 25.3. The summed E-state index contributed by atoms with van der Waals surface area (Å²) in [6, 6.07) is 3.93. The van der Waals surface area contributed by atoms with E-state index in [9.17, 15) is 5.11 Å². The number of nitrogens with zero attached hydrogens (tertiary/aromatic N) is 1. The van der Waals surface area contributed by atoms with E-state index in [0.29, 0.717) is 5.92 Å². The topological polar surface area (TPSA) is 36.6 Å². The Bertz CT molecular complexity index is 282. The summed E-state index contributed by atoms with van der Waals surface area (Å²) in [7, 11) is 0. The highest BCUT2D eigenvalue weighted by molar-refractivity contribution is 4.98. The van der Waals surface area contributed by atoms with Crippen molar-refractivity contribution in [2.75, 3.05) is 13.1 Å². The highest BCUT2D eigenvalue weighted by Crippen LogP contribution is 2.21. The second kappa shape index (κ2) is 4.81. The van der Waals surface area contributed by atoms with Crippen LogP contribution in [0.5, 0.6) is 0 Å². The number of furan rings is 1. The van der Waals surface area contributed by atoms with Crippen molar-refractivity contribution < 1.29 is 9.52 Å². The van der Waals surface area contributed by atoms with Gasteiger partial charge in [-0.25, -0.2) is 0 Å². The molecule has 1 N–H and O–H groups in total. The molecule has 0 aliphatic carbocycles. The highest BCUT2D eigenvalue weighted by atomic mass is 16.3. The Balaban J connectivity index is 1.88. The minimum Gasteiger partial charge on any atom is -0.468 e. The first kappa shape index (κ1) is 10.7. The summed E-state index contributed by atoms with van der Waals surface area (Å²) in [5, 5.41) is 9.57. The Kier molecular flexibility index (Phi) is 3.44. The molecule has 0 bridgehead atoms. The van der Waals surface area contributed by atoms with Crippen molar-refractivity contribution in [2.45, 2.75) is 32.4 Å². The number of piperidine rings is 1. The van der Waals surface area contributed by atoms with Gasteiger partial charge in [0.2, 0.25) is 0 Å². The third-order valence-electron chi connectivity index (χ3n) is 3.18. The van der Waals surface area contributed by atoms with Gasteiger partial charge in [-0.1, -0.05) is 0 Å². The molecule has 0 unspecified atom stereocenters. The first-order valence-electron chi connectivity index (χ1n) is 5.68. The fraction of sp³-hybridized carbons (Fsp3) is 0.667. The first-order chi connectivity index (χ1) is 7.25. The maximum atomic E-state index is 9.57. The van der Waals surface area contributed by atoms with E-state index in [1.54, 1.807) is 6.26 Å². The maximum Gasteiger partial charge on any atom is 0.117 e. The summed E-state index contributed by atoms with van der Waals surface area (Å²) in [4.78, 5) is 2.36. The second-order valence-corrected chi connectivity index (χ2v) is 4.46. The van der Waals surface area contributed by atoms with Gasteiger partial charge in [0.1, 0.15) is 5.76 Å². The molecule has 0 aromatic carbocycles. The van der Waals surface area contributed by atoms with Crippen LogP contribution >= 0.6 is 0 Å². The minimum atomic E-state index is -0.190. The van der Waals surface area contributed by atoms with E-state index in [-0.39, 0.29) is 6.10 Å². The fourth-order valence-corrected chi connectivity index (χ4v) is 2.25. The molecule has 1 aliphatic heterocycles. The quantitative estimate of drug-likeness (QED) is 0.825. The SMILES string of the molecule is C[C@@H](O)[C@@H]1CCCN(Cc2ccco2)C1. The van der Waals surface area contributed by atoms with E-state index in [1.165, 1.54) is 6.42 Å². The van der Waals surface area contributed by atoms with Crippen LogP contribution in [0.1, 0.15) is 25.5 Å². The zero-order valence-corrected chi connectivity index (χ0v) is 9.22. The molecule has 1 aromatic heterocycles. The first-order valence-corrected chi connectivity index (χ1v) is 5.68. The van der Waals surface area contributed by atoms with Crippen LogP contribution < -0.4 is 0 Å². The molecule has 2 heterocycles. The minimum absolute atomic E-state index is 0.190. The van der Waals surface area contributed by atoms with Crippen molar-refractivity contribution in [1.82, 2.24) is 4.90 Å². The van der Waals surface area contributed by atoms with E-state index in [2.05, 4.69) is 4.90 Å². The van der Waals surface area contributed by atoms with Crippen LogP contribution in [0.25, 0.3) is 0 Å². The second-order valence-electron chi connectivity index (χ2n) is 4.46. The lowest BCUT2D eigenvalue weighted by Crippen LogP contribution is -2.38. The van der Waals surface area contributed by atoms with Crippen LogP contribution in [-0.4, -0.2) is 29.2 Å². The molecular formula is C12H19NO2. The third-order valence-corrected chi connectivity index (χ3v) is 3.18. The lowest BCUT2D eigenvalue weighted by atomic mass is 9.93. The predicted molar refractivity (Wildman–Crippen MR) is 58.4 cm³/mol. The lowest BCUT2D eigenvalue weighted by Gasteiger charge is -2.33. The summed E-state index contributed by atoms with van der Waals surface area (Å²) < 4.78 is 5.33. The fourth-order valence-electron chi connectivity index (χ4n) is 2.25. The van der Waals surface area contributed by atoms with Gasteiger partial charge in [-0.05, 0) is 44.4 Å². The van der Waals surface area contributed by atoms with Crippen LogP contribution in [0.3, 0.4) is 0 Å². The third kappa shape index (κ3) is 2.83. The average Bonchev–Trinajstić information content (AvgIpc) is 2.71. The number of hydrogen-bond acceptors (Lipinski definition) is 3. The molecule has 0 spiro atoms. The maximum absolute atomic E-state index is 9.57. The van der Waals surface area contributed by atoms with Crippen LogP contribution in [0.15, 0.2) is 22.8 Å². The number of rotatable bonds is 3. The van der Waals surface area contributed by atoms with Crippen molar-refractivity contribution in [3.05, 3.63) is 24.2 Å². The largest absolute Gasteiger partial charge is 0.468 e.